The molecule has 1 aliphatic heterocycles. The minimum atomic E-state index is 1.04. The van der Waals surface area contributed by atoms with E-state index >= 15 is 0 Å². The van der Waals surface area contributed by atoms with Crippen LogP contribution in [0.5, 0.6) is 0 Å². The maximum absolute atomic E-state index is 2.44. The molecular formula is C9H22N2+2. The van der Waals surface area contributed by atoms with E-state index in [4.69, 9.17) is 0 Å². The summed E-state index contributed by atoms with van der Waals surface area (Å²) in [6.07, 6.45) is 4.34. The summed E-state index contributed by atoms with van der Waals surface area (Å²) in [4.78, 5) is 1.60. The van der Waals surface area contributed by atoms with Crippen molar-refractivity contribution in [1.29, 1.82) is 0 Å². The molecule has 0 spiro atoms. The number of rotatable bonds is 3. The molecule has 1 heterocycles. The maximum atomic E-state index is 2.44. The van der Waals surface area contributed by atoms with E-state index in [0.29, 0.717) is 0 Å². The summed E-state index contributed by atoms with van der Waals surface area (Å²) in [6, 6.07) is 0. The van der Waals surface area contributed by atoms with Gasteiger partial charge in [0.05, 0.1) is 33.7 Å². The van der Waals surface area contributed by atoms with Gasteiger partial charge in [-0.2, -0.15) is 0 Å². The highest BCUT2D eigenvalue weighted by Gasteiger charge is 2.15. The molecule has 0 aromatic carbocycles. The minimum Gasteiger partial charge on any atom is -0.346 e. The van der Waals surface area contributed by atoms with E-state index in [9.17, 15) is 0 Å². The van der Waals surface area contributed by atoms with Crippen LogP contribution in [0.1, 0.15) is 19.3 Å². The fourth-order valence-corrected chi connectivity index (χ4v) is 1.78. The van der Waals surface area contributed by atoms with Crippen LogP contribution < -0.4 is 10.2 Å². The van der Waals surface area contributed by atoms with Gasteiger partial charge >= 0.3 is 0 Å². The molecule has 0 aliphatic carbocycles. The second-order valence-electron chi connectivity index (χ2n) is 4.06. The highest BCUT2D eigenvalue weighted by atomic mass is 15.0. The van der Waals surface area contributed by atoms with Gasteiger partial charge in [-0.3, -0.25) is 0 Å². The van der Waals surface area contributed by atoms with Crippen LogP contribution in [-0.4, -0.2) is 33.7 Å². The number of nitrogens with one attached hydrogen (secondary N) is 1. The molecule has 1 saturated heterocycles. The second kappa shape index (κ2) is 4.73. The zero-order chi connectivity index (χ0) is 8.10. The van der Waals surface area contributed by atoms with Crippen molar-refractivity contribution in [2.24, 2.45) is 5.92 Å². The third-order valence-corrected chi connectivity index (χ3v) is 2.61. The van der Waals surface area contributed by atoms with Crippen LogP contribution in [-0.2, 0) is 0 Å². The van der Waals surface area contributed by atoms with Crippen molar-refractivity contribution in [2.75, 3.05) is 33.7 Å². The third kappa shape index (κ3) is 3.73. The molecule has 0 unspecified atom stereocenters. The molecule has 66 valence electrons. The van der Waals surface area contributed by atoms with Crippen molar-refractivity contribution in [1.82, 2.24) is 0 Å². The van der Waals surface area contributed by atoms with Crippen molar-refractivity contribution in [3.63, 3.8) is 0 Å². The Kier molecular flexibility index (Phi) is 3.87. The van der Waals surface area contributed by atoms with Crippen LogP contribution >= 0.6 is 0 Å². The topological polar surface area (TPSA) is 21.1 Å². The average molecular weight is 158 g/mol. The average Bonchev–Trinajstić information content (AvgIpc) is 2.03. The van der Waals surface area contributed by atoms with Gasteiger partial charge in [-0.05, 0) is 25.2 Å². The zero-order valence-electron chi connectivity index (χ0n) is 7.90. The Bertz CT molecular complexity index is 95.7. The Labute approximate surface area is 70.0 Å². The van der Waals surface area contributed by atoms with E-state index in [-0.39, 0.29) is 0 Å². The molecule has 0 aromatic rings. The summed E-state index contributed by atoms with van der Waals surface area (Å²) in [5.74, 6) is 1.04. The summed E-state index contributed by atoms with van der Waals surface area (Å²) in [5, 5.41) is 2.44. The number of quaternary nitrogens is 2. The lowest BCUT2D eigenvalue weighted by Crippen LogP contribution is -3.05. The third-order valence-electron chi connectivity index (χ3n) is 2.61. The highest BCUT2D eigenvalue weighted by molar-refractivity contribution is 4.59. The first-order chi connectivity index (χ1) is 5.29. The monoisotopic (exact) mass is 158 g/mol. The SMILES string of the molecule is C[NH+](C)CCC1CC[NH2+]CC1. The number of hydrogen-bond donors (Lipinski definition) is 2. The van der Waals surface area contributed by atoms with Crippen molar-refractivity contribution < 1.29 is 10.2 Å². The standard InChI is InChI=1S/C9H20N2/c1-11(2)8-5-9-3-6-10-7-4-9/h9-10H,3-8H2,1-2H3/p+2. The summed E-state index contributed by atoms with van der Waals surface area (Å²) in [5.41, 5.74) is 0. The first kappa shape index (κ1) is 9.01. The molecule has 1 fully saturated rings. The normalized spacial score (nSPS) is 21.0. The van der Waals surface area contributed by atoms with E-state index in [1.807, 2.05) is 0 Å². The van der Waals surface area contributed by atoms with Crippen LogP contribution in [0, 0.1) is 5.92 Å². The van der Waals surface area contributed by atoms with Crippen LogP contribution in [0.15, 0.2) is 0 Å². The molecule has 0 bridgehead atoms. The second-order valence-corrected chi connectivity index (χ2v) is 4.06. The summed E-state index contributed by atoms with van der Waals surface area (Å²) in [6.45, 7) is 4.09. The number of nitrogens with two attached hydrogens (primary N) is 1. The largest absolute Gasteiger partial charge is 0.346 e. The highest BCUT2D eigenvalue weighted by Crippen LogP contribution is 2.11. The van der Waals surface area contributed by atoms with Gasteiger partial charge in [0.25, 0.3) is 0 Å². The van der Waals surface area contributed by atoms with E-state index in [0.717, 1.165) is 5.92 Å². The van der Waals surface area contributed by atoms with Crippen LogP contribution in [0.4, 0.5) is 0 Å². The lowest BCUT2D eigenvalue weighted by molar-refractivity contribution is -0.859. The number of hydrogen-bond acceptors (Lipinski definition) is 0. The molecule has 0 amide bonds. The van der Waals surface area contributed by atoms with Crippen molar-refractivity contribution >= 4 is 0 Å². The molecule has 11 heavy (non-hydrogen) atoms. The zero-order valence-corrected chi connectivity index (χ0v) is 7.90. The fourth-order valence-electron chi connectivity index (χ4n) is 1.78. The van der Waals surface area contributed by atoms with Gasteiger partial charge in [-0.1, -0.05) is 0 Å². The predicted octanol–water partition coefficient (Wildman–Crippen LogP) is -1.51. The van der Waals surface area contributed by atoms with E-state index in [1.54, 1.807) is 4.90 Å². The molecule has 2 heteroatoms. The van der Waals surface area contributed by atoms with E-state index < -0.39 is 0 Å². The predicted molar refractivity (Wildman–Crippen MR) is 46.7 cm³/mol. The molecule has 0 saturated carbocycles. The van der Waals surface area contributed by atoms with Gasteiger partial charge in [0.1, 0.15) is 0 Å². The summed E-state index contributed by atoms with van der Waals surface area (Å²) >= 11 is 0. The van der Waals surface area contributed by atoms with Gasteiger partial charge in [0, 0.05) is 0 Å². The smallest absolute Gasteiger partial charge is 0.0769 e. The van der Waals surface area contributed by atoms with Crippen LogP contribution in [0.2, 0.25) is 0 Å². The molecular weight excluding hydrogens is 136 g/mol. The van der Waals surface area contributed by atoms with E-state index in [2.05, 4.69) is 19.4 Å². The van der Waals surface area contributed by atoms with Gasteiger partial charge in [-0.25, -0.2) is 0 Å². The Morgan fingerprint density at radius 3 is 2.45 bits per heavy atom. The van der Waals surface area contributed by atoms with Gasteiger partial charge in [-0.15, -0.1) is 0 Å². The van der Waals surface area contributed by atoms with Crippen LogP contribution in [0.3, 0.4) is 0 Å². The maximum Gasteiger partial charge on any atom is 0.0769 e. The Hall–Kier alpha value is -0.0800. The molecule has 3 N–H and O–H groups in total. The minimum absolute atomic E-state index is 1.04. The Morgan fingerprint density at radius 2 is 1.91 bits per heavy atom. The van der Waals surface area contributed by atoms with Crippen LogP contribution in [0.25, 0.3) is 0 Å². The molecule has 0 atom stereocenters. The quantitative estimate of drug-likeness (QED) is 0.498. The lowest BCUT2D eigenvalue weighted by atomic mass is 9.95. The molecule has 0 radical (unpaired) electrons. The van der Waals surface area contributed by atoms with Crippen molar-refractivity contribution in [3.8, 4) is 0 Å². The first-order valence-electron chi connectivity index (χ1n) is 4.89. The van der Waals surface area contributed by atoms with Crippen molar-refractivity contribution in [3.05, 3.63) is 0 Å². The van der Waals surface area contributed by atoms with Gasteiger partial charge < -0.3 is 10.2 Å². The van der Waals surface area contributed by atoms with Crippen molar-refractivity contribution in [2.45, 2.75) is 19.3 Å². The summed E-state index contributed by atoms with van der Waals surface area (Å²) in [7, 11) is 4.49. The Morgan fingerprint density at radius 1 is 1.27 bits per heavy atom. The lowest BCUT2D eigenvalue weighted by Gasteiger charge is -2.20. The van der Waals surface area contributed by atoms with E-state index in [1.165, 1.54) is 38.9 Å². The number of piperidine rings is 1. The van der Waals surface area contributed by atoms with Gasteiger partial charge in [0.2, 0.25) is 0 Å². The summed E-state index contributed by atoms with van der Waals surface area (Å²) < 4.78 is 0. The Balaban J connectivity index is 2.05. The molecule has 2 nitrogen and oxygen atoms in total. The fraction of sp³-hybridized carbons (Fsp3) is 1.00. The molecule has 1 rings (SSSR count). The first-order valence-corrected chi connectivity index (χ1v) is 4.89. The van der Waals surface area contributed by atoms with Gasteiger partial charge in [0.15, 0.2) is 0 Å². The molecule has 0 aromatic heterocycles. The molecule has 1 aliphatic rings.